The molecule has 148 valence electrons. The van der Waals surface area contributed by atoms with Crippen molar-refractivity contribution in [2.45, 2.75) is 19.3 Å². The van der Waals surface area contributed by atoms with Gasteiger partial charge in [-0.15, -0.1) is 0 Å². The Morgan fingerprint density at radius 1 is 0.828 bits per heavy atom. The minimum absolute atomic E-state index is 0.270. The van der Waals surface area contributed by atoms with Crippen LogP contribution >= 0.6 is 0 Å². The average Bonchev–Trinajstić information content (AvgIpc) is 2.79. The molecule has 0 heterocycles. The van der Waals surface area contributed by atoms with Crippen LogP contribution in [0.25, 0.3) is 0 Å². The number of hydrogen-bond donors (Lipinski definition) is 1. The molecule has 0 aliphatic carbocycles. The van der Waals surface area contributed by atoms with E-state index in [2.05, 4.69) is 10.5 Å². The highest BCUT2D eigenvalue weighted by atomic mass is 16.5. The van der Waals surface area contributed by atoms with Crippen LogP contribution < -0.4 is 5.43 Å². The molecule has 29 heavy (non-hydrogen) atoms. The molecule has 5 nitrogen and oxygen atoms in total. The molecule has 0 aliphatic heterocycles. The Hall–Kier alpha value is -3.28. The van der Waals surface area contributed by atoms with Gasteiger partial charge in [-0.1, -0.05) is 78.9 Å². The van der Waals surface area contributed by atoms with E-state index >= 15 is 0 Å². The molecular formula is C24H24N2O3. The number of ether oxygens (including phenoxy) is 2. The maximum atomic E-state index is 12.1. The van der Waals surface area contributed by atoms with Gasteiger partial charge in [0, 0.05) is 5.56 Å². The molecule has 0 saturated carbocycles. The van der Waals surface area contributed by atoms with Crippen molar-refractivity contribution in [3.63, 3.8) is 0 Å². The second-order valence-corrected chi connectivity index (χ2v) is 6.42. The van der Waals surface area contributed by atoms with E-state index in [0.717, 1.165) is 11.1 Å². The molecule has 3 rings (SSSR count). The summed E-state index contributed by atoms with van der Waals surface area (Å²) in [4.78, 5) is 12.1. The summed E-state index contributed by atoms with van der Waals surface area (Å²) in [5.74, 6) is -0.270. The van der Waals surface area contributed by atoms with Crippen molar-refractivity contribution in [1.82, 2.24) is 5.43 Å². The predicted molar refractivity (Wildman–Crippen MR) is 114 cm³/mol. The Labute approximate surface area is 171 Å². The number of nitrogens with one attached hydrogen (secondary N) is 1. The molecule has 0 radical (unpaired) electrons. The second-order valence-electron chi connectivity index (χ2n) is 6.42. The van der Waals surface area contributed by atoms with E-state index < -0.39 is 6.10 Å². The molecule has 1 amide bonds. The second kappa shape index (κ2) is 11.5. The summed E-state index contributed by atoms with van der Waals surface area (Å²) in [7, 11) is 0. The number of hydrogen-bond acceptors (Lipinski definition) is 4. The van der Waals surface area contributed by atoms with E-state index in [4.69, 9.17) is 9.47 Å². The first-order valence-electron chi connectivity index (χ1n) is 9.47. The van der Waals surface area contributed by atoms with Crippen LogP contribution in [0.2, 0.25) is 0 Å². The first-order valence-corrected chi connectivity index (χ1v) is 9.47. The van der Waals surface area contributed by atoms with Gasteiger partial charge >= 0.3 is 0 Å². The number of benzene rings is 3. The fourth-order valence-electron chi connectivity index (χ4n) is 2.61. The first kappa shape index (κ1) is 20.5. The molecular weight excluding hydrogens is 364 g/mol. The van der Waals surface area contributed by atoms with Crippen molar-refractivity contribution in [2.75, 3.05) is 6.61 Å². The standard InChI is InChI=1S/C24H24N2O3/c27-24(22-14-8-3-9-15-22)26-25-16-23(29-18-21-12-6-2-7-13-21)19-28-17-20-10-4-1-5-11-20/h1-16,23H,17-19H2,(H,26,27)/b25-16+/t23-/m0/s1. The van der Waals surface area contributed by atoms with Crippen molar-refractivity contribution in [1.29, 1.82) is 0 Å². The summed E-state index contributed by atoms with van der Waals surface area (Å²) >= 11 is 0. The maximum Gasteiger partial charge on any atom is 0.271 e. The fourth-order valence-corrected chi connectivity index (χ4v) is 2.61. The lowest BCUT2D eigenvalue weighted by atomic mass is 10.2. The summed E-state index contributed by atoms with van der Waals surface area (Å²) in [5, 5.41) is 4.06. The number of carbonyl (C=O) groups excluding carboxylic acids is 1. The summed E-state index contributed by atoms with van der Waals surface area (Å²) < 4.78 is 11.7. The third-order valence-electron chi connectivity index (χ3n) is 4.14. The van der Waals surface area contributed by atoms with E-state index in [1.807, 2.05) is 78.9 Å². The summed E-state index contributed by atoms with van der Waals surface area (Å²) in [5.41, 5.74) is 5.22. The number of hydrazone groups is 1. The van der Waals surface area contributed by atoms with Gasteiger partial charge in [0.2, 0.25) is 0 Å². The quantitative estimate of drug-likeness (QED) is 0.418. The largest absolute Gasteiger partial charge is 0.374 e. The molecule has 1 N–H and O–H groups in total. The Balaban J connectivity index is 1.54. The molecule has 3 aromatic rings. The van der Waals surface area contributed by atoms with Gasteiger partial charge in [-0.2, -0.15) is 5.10 Å². The molecule has 1 atom stereocenters. The monoisotopic (exact) mass is 388 g/mol. The molecule has 0 bridgehead atoms. The van der Waals surface area contributed by atoms with Crippen LogP contribution in [0.5, 0.6) is 0 Å². The van der Waals surface area contributed by atoms with Crippen LogP contribution in [-0.4, -0.2) is 24.8 Å². The molecule has 3 aromatic carbocycles. The Morgan fingerprint density at radius 3 is 2.00 bits per heavy atom. The first-order chi connectivity index (χ1) is 14.3. The van der Waals surface area contributed by atoms with Crippen molar-refractivity contribution < 1.29 is 14.3 Å². The minimum Gasteiger partial charge on any atom is -0.374 e. The Kier molecular flexibility index (Phi) is 8.14. The topological polar surface area (TPSA) is 59.9 Å². The Bertz CT molecular complexity index is 884. The smallest absolute Gasteiger partial charge is 0.271 e. The van der Waals surface area contributed by atoms with Gasteiger partial charge in [-0.05, 0) is 23.3 Å². The van der Waals surface area contributed by atoms with E-state index in [0.29, 0.717) is 25.4 Å². The van der Waals surface area contributed by atoms with Gasteiger partial charge in [0.05, 0.1) is 26.0 Å². The zero-order valence-electron chi connectivity index (χ0n) is 16.1. The fraction of sp³-hybridized carbons (Fsp3) is 0.167. The summed E-state index contributed by atoms with van der Waals surface area (Å²) in [6.07, 6.45) is 1.17. The highest BCUT2D eigenvalue weighted by Crippen LogP contribution is 2.06. The van der Waals surface area contributed by atoms with Crippen LogP contribution in [0.4, 0.5) is 0 Å². The van der Waals surface area contributed by atoms with Gasteiger partial charge in [0.1, 0.15) is 6.10 Å². The highest BCUT2D eigenvalue weighted by molar-refractivity contribution is 5.94. The van der Waals surface area contributed by atoms with E-state index in [9.17, 15) is 4.79 Å². The van der Waals surface area contributed by atoms with Gasteiger partial charge in [-0.3, -0.25) is 4.79 Å². The number of nitrogens with zero attached hydrogens (tertiary/aromatic N) is 1. The van der Waals surface area contributed by atoms with Crippen molar-refractivity contribution in [3.8, 4) is 0 Å². The molecule has 0 aromatic heterocycles. The molecule has 5 heteroatoms. The SMILES string of the molecule is O=C(N/N=C/[C@@H](COCc1ccccc1)OCc1ccccc1)c1ccccc1. The third kappa shape index (κ3) is 7.33. The van der Waals surface area contributed by atoms with Crippen molar-refractivity contribution in [3.05, 3.63) is 108 Å². The van der Waals surface area contributed by atoms with E-state index in [-0.39, 0.29) is 5.91 Å². The highest BCUT2D eigenvalue weighted by Gasteiger charge is 2.09. The average molecular weight is 388 g/mol. The summed E-state index contributed by atoms with van der Waals surface area (Å²) in [6, 6.07) is 28.8. The molecule has 0 aliphatic rings. The number of carbonyl (C=O) groups is 1. The van der Waals surface area contributed by atoms with Gasteiger partial charge in [0.15, 0.2) is 0 Å². The molecule has 0 fully saturated rings. The van der Waals surface area contributed by atoms with Gasteiger partial charge in [-0.25, -0.2) is 5.43 Å². The summed E-state index contributed by atoms with van der Waals surface area (Å²) in [6.45, 7) is 1.24. The zero-order valence-corrected chi connectivity index (χ0v) is 16.1. The molecule has 0 unspecified atom stereocenters. The van der Waals surface area contributed by atoms with Gasteiger partial charge in [0.25, 0.3) is 5.91 Å². The lowest BCUT2D eigenvalue weighted by Gasteiger charge is -2.14. The zero-order chi connectivity index (χ0) is 20.2. The van der Waals surface area contributed by atoms with Crippen LogP contribution in [0.15, 0.2) is 96.1 Å². The van der Waals surface area contributed by atoms with Gasteiger partial charge < -0.3 is 9.47 Å². The van der Waals surface area contributed by atoms with Crippen molar-refractivity contribution >= 4 is 12.1 Å². The molecule has 0 spiro atoms. The normalized spacial score (nSPS) is 12.0. The van der Waals surface area contributed by atoms with E-state index in [1.165, 1.54) is 0 Å². The third-order valence-corrected chi connectivity index (χ3v) is 4.14. The van der Waals surface area contributed by atoms with Crippen molar-refractivity contribution in [2.24, 2.45) is 5.10 Å². The molecule has 0 saturated heterocycles. The lowest BCUT2D eigenvalue weighted by Crippen LogP contribution is -2.25. The van der Waals surface area contributed by atoms with Crippen LogP contribution in [0.3, 0.4) is 0 Å². The lowest BCUT2D eigenvalue weighted by molar-refractivity contribution is 0.00636. The number of rotatable bonds is 10. The predicted octanol–water partition coefficient (Wildman–Crippen LogP) is 4.20. The van der Waals surface area contributed by atoms with Crippen LogP contribution in [0, 0.1) is 0 Å². The van der Waals surface area contributed by atoms with Crippen LogP contribution in [-0.2, 0) is 22.7 Å². The van der Waals surface area contributed by atoms with Crippen LogP contribution in [0.1, 0.15) is 21.5 Å². The van der Waals surface area contributed by atoms with E-state index in [1.54, 1.807) is 18.3 Å². The number of amides is 1. The minimum atomic E-state index is -0.394. The Morgan fingerprint density at radius 2 is 1.38 bits per heavy atom. The maximum absolute atomic E-state index is 12.1.